The molecule has 2 aliphatic rings. The first-order valence-corrected chi connectivity index (χ1v) is 7.33. The predicted octanol–water partition coefficient (Wildman–Crippen LogP) is 0.866. The third-order valence-electron chi connectivity index (χ3n) is 3.86. The largest absolute Gasteiger partial charge is 0.320 e. The third-order valence-corrected chi connectivity index (χ3v) is 6.12. The maximum atomic E-state index is 12.4. The van der Waals surface area contributed by atoms with Gasteiger partial charge < -0.3 is 5.73 Å². The van der Waals surface area contributed by atoms with Crippen LogP contribution in [-0.2, 0) is 14.8 Å². The number of hydrogen-bond acceptors (Lipinski definition) is 4. The molecule has 0 bridgehead atoms. The molecule has 108 valence electrons. The Morgan fingerprint density at radius 3 is 2.32 bits per heavy atom. The summed E-state index contributed by atoms with van der Waals surface area (Å²) in [5, 5.41) is 0. The van der Waals surface area contributed by atoms with Gasteiger partial charge in [-0.05, 0) is 26.2 Å². The van der Waals surface area contributed by atoms with E-state index in [-0.39, 0.29) is 24.7 Å². The maximum absolute atomic E-state index is 12.4. The molecule has 2 atom stereocenters. The number of nitrogens with one attached hydrogen (secondary N) is 1. The molecule has 2 rings (SSSR count). The molecule has 0 aliphatic heterocycles. The Morgan fingerprint density at radius 1 is 1.47 bits per heavy atom. The van der Waals surface area contributed by atoms with Crippen molar-refractivity contribution in [2.75, 3.05) is 0 Å². The van der Waals surface area contributed by atoms with Gasteiger partial charge >= 0.3 is 0 Å². The van der Waals surface area contributed by atoms with Crippen molar-refractivity contribution in [3.8, 4) is 0 Å². The van der Waals surface area contributed by atoms with E-state index in [0.29, 0.717) is 5.57 Å². The van der Waals surface area contributed by atoms with Crippen LogP contribution in [0.25, 0.3) is 0 Å². The van der Waals surface area contributed by atoms with Gasteiger partial charge in [0.2, 0.25) is 15.9 Å². The van der Waals surface area contributed by atoms with Crippen LogP contribution in [0.3, 0.4) is 0 Å². The molecule has 0 radical (unpaired) electrons. The van der Waals surface area contributed by atoms with Crippen molar-refractivity contribution in [3.63, 3.8) is 0 Å². The van der Waals surface area contributed by atoms with Crippen LogP contribution in [0.2, 0.25) is 0 Å². The summed E-state index contributed by atoms with van der Waals surface area (Å²) in [7, 11) is -3.87. The first-order valence-electron chi connectivity index (χ1n) is 5.85. The zero-order valence-electron chi connectivity index (χ0n) is 10.8. The van der Waals surface area contributed by atoms with Crippen LogP contribution in [0.5, 0.6) is 0 Å². The van der Waals surface area contributed by atoms with Crippen molar-refractivity contribution in [2.45, 2.75) is 36.5 Å². The minimum Gasteiger partial charge on any atom is -0.320 e. The molecule has 7 heteroatoms. The quantitative estimate of drug-likeness (QED) is 0.737. The van der Waals surface area contributed by atoms with Crippen LogP contribution in [0.4, 0.5) is 0 Å². The molecule has 2 aliphatic carbocycles. The van der Waals surface area contributed by atoms with E-state index in [9.17, 15) is 13.2 Å². The van der Waals surface area contributed by atoms with Crippen LogP contribution in [0.15, 0.2) is 24.8 Å². The van der Waals surface area contributed by atoms with E-state index in [4.69, 9.17) is 5.73 Å². The number of halogens is 1. The number of nitrogens with two attached hydrogens (primary N) is 1. The second kappa shape index (κ2) is 4.61. The zero-order chi connectivity index (χ0) is 13.8. The summed E-state index contributed by atoms with van der Waals surface area (Å²) < 4.78 is 25.5. The fourth-order valence-electron chi connectivity index (χ4n) is 2.38. The lowest BCUT2D eigenvalue weighted by molar-refractivity contribution is -0.120. The Labute approximate surface area is 119 Å². The molecule has 5 nitrogen and oxygen atoms in total. The minimum atomic E-state index is -3.87. The average Bonchev–Trinajstić information content (AvgIpc) is 3.10. The lowest BCUT2D eigenvalue weighted by Gasteiger charge is -2.21. The maximum Gasteiger partial charge on any atom is 0.246 e. The van der Waals surface area contributed by atoms with Gasteiger partial charge in [-0.1, -0.05) is 18.2 Å². The van der Waals surface area contributed by atoms with Crippen LogP contribution in [0, 0.1) is 5.92 Å². The third kappa shape index (κ3) is 2.22. The number of rotatable bonds is 5. The zero-order valence-corrected chi connectivity index (χ0v) is 12.4. The minimum absolute atomic E-state index is 0. The van der Waals surface area contributed by atoms with Crippen molar-refractivity contribution in [1.29, 1.82) is 0 Å². The fraction of sp³-hybridized carbons (Fsp3) is 0.583. The number of carbonyl (C=O) groups is 1. The predicted molar refractivity (Wildman–Crippen MR) is 76.3 cm³/mol. The second-order valence-corrected chi connectivity index (χ2v) is 7.18. The molecule has 0 aromatic heterocycles. The Hall–Kier alpha value is -0.850. The molecule has 0 aromatic rings. The van der Waals surface area contributed by atoms with Crippen LogP contribution in [-0.4, -0.2) is 24.6 Å². The van der Waals surface area contributed by atoms with Gasteiger partial charge in [0.15, 0.2) is 0 Å². The normalized spacial score (nSPS) is 32.9. The lowest BCUT2D eigenvalue weighted by Crippen LogP contribution is -2.47. The highest BCUT2D eigenvalue weighted by molar-refractivity contribution is 7.92. The molecule has 2 unspecified atom stereocenters. The van der Waals surface area contributed by atoms with Crippen molar-refractivity contribution in [3.05, 3.63) is 24.8 Å². The van der Waals surface area contributed by atoms with Gasteiger partial charge in [0.1, 0.15) is 4.75 Å². The SMILES string of the molecule is C=CC1(N)CC1(C(=C)C)S(=O)(=O)NC(=O)C1CC1.Cl. The molecule has 0 spiro atoms. The molecule has 1 amide bonds. The Kier molecular flexibility index (Phi) is 3.93. The highest BCUT2D eigenvalue weighted by Gasteiger charge is 2.73. The van der Waals surface area contributed by atoms with Gasteiger partial charge in [0, 0.05) is 5.92 Å². The summed E-state index contributed by atoms with van der Waals surface area (Å²) in [6.45, 7) is 8.89. The van der Waals surface area contributed by atoms with Gasteiger partial charge in [-0.3, -0.25) is 9.52 Å². The average molecular weight is 307 g/mol. The van der Waals surface area contributed by atoms with E-state index in [1.807, 2.05) is 0 Å². The Balaban J connectivity index is 0.00000180. The molecular formula is C12H19ClN2O3S. The fourth-order valence-corrected chi connectivity index (χ4v) is 4.45. The summed E-state index contributed by atoms with van der Waals surface area (Å²) in [6.07, 6.45) is 3.13. The topological polar surface area (TPSA) is 89.3 Å². The summed E-state index contributed by atoms with van der Waals surface area (Å²) in [5.74, 6) is -0.606. The van der Waals surface area contributed by atoms with Crippen LogP contribution >= 0.6 is 12.4 Å². The van der Waals surface area contributed by atoms with Crippen molar-refractivity contribution in [1.82, 2.24) is 4.72 Å². The number of amides is 1. The number of sulfonamides is 1. The van der Waals surface area contributed by atoms with Crippen molar-refractivity contribution >= 4 is 28.3 Å². The lowest BCUT2D eigenvalue weighted by atomic mass is 10.1. The standard InChI is InChI=1S/C12H18N2O3S.ClH/c1-4-11(13)7-12(11,8(2)3)18(16,17)14-10(15)9-5-6-9;/h4,9H,1-2,5-7,13H2,3H3,(H,14,15);1H. The van der Waals surface area contributed by atoms with E-state index >= 15 is 0 Å². The smallest absolute Gasteiger partial charge is 0.246 e. The molecule has 2 fully saturated rings. The monoisotopic (exact) mass is 306 g/mol. The molecule has 0 saturated heterocycles. The molecule has 19 heavy (non-hydrogen) atoms. The molecule has 3 N–H and O–H groups in total. The molecular weight excluding hydrogens is 288 g/mol. The molecule has 2 saturated carbocycles. The summed E-state index contributed by atoms with van der Waals surface area (Å²) >= 11 is 0. The van der Waals surface area contributed by atoms with E-state index in [0.717, 1.165) is 12.8 Å². The van der Waals surface area contributed by atoms with Gasteiger partial charge in [-0.2, -0.15) is 0 Å². The van der Waals surface area contributed by atoms with Crippen LogP contribution in [0.1, 0.15) is 26.2 Å². The molecule has 0 heterocycles. The Bertz CT molecular complexity index is 541. The summed E-state index contributed by atoms with van der Waals surface area (Å²) in [4.78, 5) is 11.6. The van der Waals surface area contributed by atoms with Crippen molar-refractivity contribution in [2.24, 2.45) is 11.7 Å². The number of carbonyl (C=O) groups excluding carboxylic acids is 1. The number of hydrogen-bond donors (Lipinski definition) is 2. The van der Waals surface area contributed by atoms with Crippen LogP contribution < -0.4 is 10.5 Å². The second-order valence-electron chi connectivity index (χ2n) is 5.27. The van der Waals surface area contributed by atoms with Gasteiger partial charge in [0.25, 0.3) is 0 Å². The van der Waals surface area contributed by atoms with E-state index < -0.39 is 26.2 Å². The first kappa shape index (κ1) is 16.2. The summed E-state index contributed by atoms with van der Waals surface area (Å²) in [6, 6.07) is 0. The molecule has 0 aromatic carbocycles. The highest BCUT2D eigenvalue weighted by Crippen LogP contribution is 2.56. The van der Waals surface area contributed by atoms with Crippen molar-refractivity contribution < 1.29 is 13.2 Å². The highest BCUT2D eigenvalue weighted by atomic mass is 35.5. The van der Waals surface area contributed by atoms with Gasteiger partial charge in [-0.15, -0.1) is 19.0 Å². The van der Waals surface area contributed by atoms with E-state index in [1.54, 1.807) is 6.92 Å². The van der Waals surface area contributed by atoms with E-state index in [2.05, 4.69) is 17.9 Å². The summed E-state index contributed by atoms with van der Waals surface area (Å²) in [5.41, 5.74) is 5.37. The van der Waals surface area contributed by atoms with E-state index in [1.165, 1.54) is 6.08 Å². The Morgan fingerprint density at radius 2 is 2.00 bits per heavy atom. The van der Waals surface area contributed by atoms with Gasteiger partial charge in [0.05, 0.1) is 5.54 Å². The van der Waals surface area contributed by atoms with Gasteiger partial charge in [-0.25, -0.2) is 8.42 Å². The first-order chi connectivity index (χ1) is 8.20.